The highest BCUT2D eigenvalue weighted by Crippen LogP contribution is 2.22. The molecule has 1 fully saturated rings. The maximum atomic E-state index is 11.2. The molecular weight excluding hydrogens is 260 g/mol. The largest absolute Gasteiger partial charge is 0.329 e. The molecule has 0 aromatic carbocycles. The zero-order valence-electron chi connectivity index (χ0n) is 10.6. The van der Waals surface area contributed by atoms with Gasteiger partial charge in [0.05, 0.1) is 0 Å². The van der Waals surface area contributed by atoms with Crippen molar-refractivity contribution >= 4 is 11.3 Å². The van der Waals surface area contributed by atoms with Crippen molar-refractivity contribution in [1.82, 2.24) is 20.5 Å². The Balaban J connectivity index is 1.57. The molecule has 1 saturated carbocycles. The van der Waals surface area contributed by atoms with Crippen molar-refractivity contribution in [3.8, 4) is 10.6 Å². The smallest absolute Gasteiger partial charge is 0.248 e. The minimum absolute atomic E-state index is 0.108. The lowest BCUT2D eigenvalue weighted by Crippen LogP contribution is -2.17. The summed E-state index contributed by atoms with van der Waals surface area (Å²) in [5.74, 6) is 0. The van der Waals surface area contributed by atoms with E-state index in [-0.39, 0.29) is 5.56 Å². The molecule has 100 valence electrons. The Kier molecular flexibility index (Phi) is 3.70. The number of hydrogen-bond acceptors (Lipinski definition) is 5. The third kappa shape index (κ3) is 3.48. The van der Waals surface area contributed by atoms with E-state index in [1.54, 1.807) is 23.6 Å². The SMILES string of the molecule is O=c1cc(-c2nnc(CCCNC3CC3)s2)cc[nH]1. The maximum Gasteiger partial charge on any atom is 0.248 e. The fourth-order valence-electron chi connectivity index (χ4n) is 1.88. The quantitative estimate of drug-likeness (QED) is 0.786. The first-order chi connectivity index (χ1) is 9.31. The summed E-state index contributed by atoms with van der Waals surface area (Å²) >= 11 is 1.57. The fourth-order valence-corrected chi connectivity index (χ4v) is 2.76. The van der Waals surface area contributed by atoms with Gasteiger partial charge in [-0.25, -0.2) is 0 Å². The monoisotopic (exact) mass is 276 g/mol. The van der Waals surface area contributed by atoms with Crippen molar-refractivity contribution in [2.45, 2.75) is 31.7 Å². The number of rotatable bonds is 6. The van der Waals surface area contributed by atoms with Crippen molar-refractivity contribution in [1.29, 1.82) is 0 Å². The predicted molar refractivity (Wildman–Crippen MR) is 75.3 cm³/mol. The van der Waals surface area contributed by atoms with Crippen molar-refractivity contribution in [3.63, 3.8) is 0 Å². The third-order valence-electron chi connectivity index (χ3n) is 3.07. The molecule has 2 aromatic heterocycles. The topological polar surface area (TPSA) is 70.7 Å². The zero-order chi connectivity index (χ0) is 13.1. The minimum atomic E-state index is -0.108. The number of hydrogen-bond donors (Lipinski definition) is 2. The van der Waals surface area contributed by atoms with E-state index >= 15 is 0 Å². The summed E-state index contributed by atoms with van der Waals surface area (Å²) in [6, 6.07) is 4.17. The normalized spacial score (nSPS) is 14.7. The molecule has 0 unspecified atom stereocenters. The molecule has 2 N–H and O–H groups in total. The van der Waals surface area contributed by atoms with E-state index in [2.05, 4.69) is 20.5 Å². The summed E-state index contributed by atoms with van der Waals surface area (Å²) in [4.78, 5) is 13.8. The van der Waals surface area contributed by atoms with Gasteiger partial charge in [0.2, 0.25) is 5.56 Å². The molecule has 19 heavy (non-hydrogen) atoms. The van der Waals surface area contributed by atoms with Crippen LogP contribution >= 0.6 is 11.3 Å². The molecule has 5 nitrogen and oxygen atoms in total. The number of nitrogens with zero attached hydrogens (tertiary/aromatic N) is 2. The first-order valence-corrected chi connectivity index (χ1v) is 7.38. The molecule has 2 heterocycles. The van der Waals surface area contributed by atoms with Crippen LogP contribution in [0.4, 0.5) is 0 Å². The molecule has 1 aliphatic carbocycles. The second-order valence-electron chi connectivity index (χ2n) is 4.77. The zero-order valence-corrected chi connectivity index (χ0v) is 11.4. The standard InChI is InChI=1S/C13H16N4OS/c18-11-8-9(5-7-15-11)13-17-16-12(19-13)2-1-6-14-10-3-4-10/h5,7-8,10,14H,1-4,6H2,(H,15,18). The van der Waals surface area contributed by atoms with Gasteiger partial charge in [0, 0.05) is 30.3 Å². The molecule has 1 aliphatic rings. The van der Waals surface area contributed by atoms with Crippen LogP contribution in [0.2, 0.25) is 0 Å². The van der Waals surface area contributed by atoms with E-state index in [4.69, 9.17) is 0 Å². The number of H-pyrrole nitrogens is 1. The number of pyridine rings is 1. The molecule has 0 atom stereocenters. The minimum Gasteiger partial charge on any atom is -0.329 e. The summed E-state index contributed by atoms with van der Waals surface area (Å²) < 4.78 is 0. The average Bonchev–Trinajstić information content (AvgIpc) is 3.11. The molecule has 0 radical (unpaired) electrons. The number of aromatic amines is 1. The van der Waals surface area contributed by atoms with Gasteiger partial charge < -0.3 is 10.3 Å². The lowest BCUT2D eigenvalue weighted by molar-refractivity contribution is 0.643. The highest BCUT2D eigenvalue weighted by molar-refractivity contribution is 7.14. The van der Waals surface area contributed by atoms with E-state index in [1.165, 1.54) is 12.8 Å². The lowest BCUT2D eigenvalue weighted by Gasteiger charge is -1.99. The van der Waals surface area contributed by atoms with Crippen LogP contribution in [0.5, 0.6) is 0 Å². The van der Waals surface area contributed by atoms with Crippen molar-refractivity contribution < 1.29 is 0 Å². The van der Waals surface area contributed by atoms with E-state index in [0.29, 0.717) is 0 Å². The molecule has 0 saturated heterocycles. The average molecular weight is 276 g/mol. The number of aromatic nitrogens is 3. The Bertz CT molecular complexity index is 602. The summed E-state index contributed by atoms with van der Waals surface area (Å²) in [6.45, 7) is 1.05. The second-order valence-corrected chi connectivity index (χ2v) is 5.84. The van der Waals surface area contributed by atoms with E-state index in [0.717, 1.165) is 41.0 Å². The van der Waals surface area contributed by atoms with Gasteiger partial charge in [0.1, 0.15) is 10.0 Å². The predicted octanol–water partition coefficient (Wildman–Crippen LogP) is 1.58. The maximum absolute atomic E-state index is 11.2. The van der Waals surface area contributed by atoms with Gasteiger partial charge in [0.15, 0.2) is 0 Å². The van der Waals surface area contributed by atoms with E-state index in [9.17, 15) is 4.79 Å². The third-order valence-corrected chi connectivity index (χ3v) is 4.10. The van der Waals surface area contributed by atoms with Gasteiger partial charge >= 0.3 is 0 Å². The first kappa shape index (κ1) is 12.5. The van der Waals surface area contributed by atoms with Crippen LogP contribution in [0.15, 0.2) is 23.1 Å². The fraction of sp³-hybridized carbons (Fsp3) is 0.462. The molecule has 3 rings (SSSR count). The van der Waals surface area contributed by atoms with Crippen LogP contribution in [0, 0.1) is 0 Å². The van der Waals surface area contributed by atoms with Crippen molar-refractivity contribution in [2.75, 3.05) is 6.54 Å². The second kappa shape index (κ2) is 5.63. The van der Waals surface area contributed by atoms with Gasteiger partial charge in [-0.2, -0.15) is 0 Å². The first-order valence-electron chi connectivity index (χ1n) is 6.56. The molecule has 0 aliphatic heterocycles. The Morgan fingerprint density at radius 3 is 3.11 bits per heavy atom. The number of aryl methyl sites for hydroxylation is 1. The molecule has 0 spiro atoms. The van der Waals surface area contributed by atoms with Gasteiger partial charge in [-0.15, -0.1) is 10.2 Å². The Morgan fingerprint density at radius 2 is 2.32 bits per heavy atom. The summed E-state index contributed by atoms with van der Waals surface area (Å²) in [5, 5.41) is 13.7. The molecular formula is C13H16N4OS. The Morgan fingerprint density at radius 1 is 1.42 bits per heavy atom. The number of nitrogens with one attached hydrogen (secondary N) is 2. The molecule has 2 aromatic rings. The highest BCUT2D eigenvalue weighted by Gasteiger charge is 2.19. The van der Waals surface area contributed by atoms with Crippen LogP contribution in [0.25, 0.3) is 10.6 Å². The van der Waals surface area contributed by atoms with Crippen LogP contribution in [-0.4, -0.2) is 27.8 Å². The van der Waals surface area contributed by atoms with Crippen LogP contribution in [0.3, 0.4) is 0 Å². The van der Waals surface area contributed by atoms with Gasteiger partial charge in [-0.1, -0.05) is 11.3 Å². The van der Waals surface area contributed by atoms with Gasteiger partial charge in [-0.05, 0) is 31.9 Å². The summed E-state index contributed by atoms with van der Waals surface area (Å²) in [5.41, 5.74) is 0.728. The van der Waals surface area contributed by atoms with Gasteiger partial charge in [0.25, 0.3) is 0 Å². The van der Waals surface area contributed by atoms with Crippen LogP contribution in [0.1, 0.15) is 24.3 Å². The molecule has 0 amide bonds. The van der Waals surface area contributed by atoms with Crippen LogP contribution in [-0.2, 0) is 6.42 Å². The summed E-state index contributed by atoms with van der Waals surface area (Å²) in [7, 11) is 0. The Labute approximate surface area is 115 Å². The van der Waals surface area contributed by atoms with Crippen molar-refractivity contribution in [3.05, 3.63) is 33.7 Å². The van der Waals surface area contributed by atoms with Gasteiger partial charge in [-0.3, -0.25) is 4.79 Å². The highest BCUT2D eigenvalue weighted by atomic mass is 32.1. The lowest BCUT2D eigenvalue weighted by atomic mass is 10.3. The Hall–Kier alpha value is -1.53. The van der Waals surface area contributed by atoms with E-state index in [1.807, 2.05) is 6.07 Å². The molecule has 6 heteroatoms. The van der Waals surface area contributed by atoms with Crippen LogP contribution < -0.4 is 10.9 Å². The summed E-state index contributed by atoms with van der Waals surface area (Å²) in [6.07, 6.45) is 6.32. The molecule has 0 bridgehead atoms. The van der Waals surface area contributed by atoms with Crippen molar-refractivity contribution in [2.24, 2.45) is 0 Å². The van der Waals surface area contributed by atoms with E-state index < -0.39 is 0 Å².